The number of hydrogen-bond donors (Lipinski definition) is 1. The molecule has 0 bridgehead atoms. The number of aromatic nitrogens is 5. The summed E-state index contributed by atoms with van der Waals surface area (Å²) in [6.07, 6.45) is -1.95. The molecule has 8 nitrogen and oxygen atoms in total. The Labute approximate surface area is 133 Å². The van der Waals surface area contributed by atoms with Gasteiger partial charge >= 0.3 is 11.9 Å². The van der Waals surface area contributed by atoms with Gasteiger partial charge in [-0.3, -0.25) is 4.79 Å². The molecular formula is C13H15F3N6O2. The molecule has 2 aromatic rings. The van der Waals surface area contributed by atoms with Crippen LogP contribution in [0.25, 0.3) is 5.65 Å². The molecular weight excluding hydrogens is 329 g/mol. The van der Waals surface area contributed by atoms with E-state index in [1.165, 1.54) is 7.05 Å². The van der Waals surface area contributed by atoms with Crippen molar-refractivity contribution in [2.45, 2.75) is 37.9 Å². The lowest BCUT2D eigenvalue weighted by molar-refractivity contribution is -0.187. The van der Waals surface area contributed by atoms with Crippen LogP contribution in [0.15, 0.2) is 11.1 Å². The molecule has 0 spiro atoms. The first-order valence-corrected chi connectivity index (χ1v) is 7.43. The minimum absolute atomic E-state index is 0.0151. The zero-order valence-corrected chi connectivity index (χ0v) is 12.7. The molecule has 1 aliphatic carbocycles. The molecule has 3 rings (SSSR count). The number of carbonyl (C=O) groups is 1. The second-order valence-corrected chi connectivity index (χ2v) is 5.79. The minimum atomic E-state index is -4.37. The van der Waals surface area contributed by atoms with E-state index in [-0.39, 0.29) is 24.2 Å². The fraction of sp³-hybridized carbons (Fsp3) is 0.615. The number of nitrogens with one attached hydrogen (secondary N) is 1. The van der Waals surface area contributed by atoms with Gasteiger partial charge in [-0.25, -0.2) is 14.2 Å². The van der Waals surface area contributed by atoms with Gasteiger partial charge in [0.2, 0.25) is 0 Å². The third kappa shape index (κ3) is 2.85. The van der Waals surface area contributed by atoms with Gasteiger partial charge in [0, 0.05) is 13.1 Å². The Morgan fingerprint density at radius 2 is 2.04 bits per heavy atom. The fourth-order valence-electron chi connectivity index (χ4n) is 2.97. The zero-order chi connectivity index (χ0) is 17.5. The second kappa shape index (κ2) is 5.87. The van der Waals surface area contributed by atoms with Crippen LogP contribution in [-0.2, 0) is 7.05 Å². The average molecular weight is 344 g/mol. The van der Waals surface area contributed by atoms with Crippen molar-refractivity contribution < 1.29 is 18.0 Å². The highest BCUT2D eigenvalue weighted by atomic mass is 19.4. The fourth-order valence-corrected chi connectivity index (χ4v) is 2.97. The highest BCUT2D eigenvalue weighted by molar-refractivity contribution is 5.98. The Morgan fingerprint density at radius 1 is 1.33 bits per heavy atom. The molecule has 130 valence electrons. The summed E-state index contributed by atoms with van der Waals surface area (Å²) >= 11 is 0. The number of carbonyl (C=O) groups excluding carboxylic acids is 1. The molecule has 0 saturated heterocycles. The van der Waals surface area contributed by atoms with Crippen molar-refractivity contribution in [1.29, 1.82) is 0 Å². The van der Waals surface area contributed by atoms with Gasteiger partial charge in [-0.15, -0.1) is 5.10 Å². The summed E-state index contributed by atoms with van der Waals surface area (Å²) in [6, 6.07) is -1.01. The lowest BCUT2D eigenvalue weighted by atomic mass is 9.84. The lowest BCUT2D eigenvalue weighted by Crippen LogP contribution is -2.47. The first kappa shape index (κ1) is 16.4. The van der Waals surface area contributed by atoms with Crippen LogP contribution in [0.4, 0.5) is 13.2 Å². The molecule has 1 fully saturated rings. The van der Waals surface area contributed by atoms with E-state index >= 15 is 0 Å². The average Bonchev–Trinajstić information content (AvgIpc) is 2.95. The maximum atomic E-state index is 13.1. The molecule has 1 aliphatic rings. The molecule has 1 amide bonds. The molecule has 1 saturated carbocycles. The Hall–Kier alpha value is -2.46. The van der Waals surface area contributed by atoms with Gasteiger partial charge in [0.05, 0.1) is 5.92 Å². The van der Waals surface area contributed by atoms with Crippen LogP contribution in [-0.4, -0.2) is 42.5 Å². The van der Waals surface area contributed by atoms with E-state index in [1.54, 1.807) is 0 Å². The predicted molar refractivity (Wildman–Crippen MR) is 75.3 cm³/mol. The van der Waals surface area contributed by atoms with E-state index in [9.17, 15) is 22.8 Å². The maximum absolute atomic E-state index is 13.1. The number of halogens is 3. The van der Waals surface area contributed by atoms with Crippen LogP contribution in [0.2, 0.25) is 0 Å². The normalized spacial score (nSPS) is 21.8. The predicted octanol–water partition coefficient (Wildman–Crippen LogP) is 0.674. The summed E-state index contributed by atoms with van der Waals surface area (Å²) in [5.74, 6) is -2.37. The summed E-state index contributed by atoms with van der Waals surface area (Å²) in [4.78, 5) is 28.0. The Balaban J connectivity index is 1.87. The lowest BCUT2D eigenvalue weighted by Gasteiger charge is -2.33. The number of nitrogens with zero attached hydrogens (tertiary/aromatic N) is 5. The number of aryl methyl sites for hydroxylation is 1. The van der Waals surface area contributed by atoms with Crippen LogP contribution in [0.5, 0.6) is 0 Å². The summed E-state index contributed by atoms with van der Waals surface area (Å²) in [7, 11) is 1.38. The van der Waals surface area contributed by atoms with E-state index < -0.39 is 29.7 Å². The number of rotatable bonds is 2. The van der Waals surface area contributed by atoms with Crippen molar-refractivity contribution in [2.24, 2.45) is 13.0 Å². The van der Waals surface area contributed by atoms with E-state index in [0.717, 1.165) is 15.4 Å². The largest absolute Gasteiger partial charge is 0.393 e. The summed E-state index contributed by atoms with van der Waals surface area (Å²) in [5.41, 5.74) is -0.862. The standard InChI is InChI=1S/C13H15F3N6O2/c1-21-12(24)22-6-17-9(10(22)19-20-21)11(23)18-8-5-3-2-4-7(8)13(14,15)16/h6-8H,2-5H2,1H3,(H,18,23). The molecule has 1 N–H and O–H groups in total. The summed E-state index contributed by atoms with van der Waals surface area (Å²) in [5, 5.41) is 9.66. The third-order valence-electron chi connectivity index (χ3n) is 4.22. The van der Waals surface area contributed by atoms with Gasteiger partial charge in [0.1, 0.15) is 6.33 Å². The van der Waals surface area contributed by atoms with Gasteiger partial charge in [-0.05, 0) is 12.8 Å². The van der Waals surface area contributed by atoms with Crippen LogP contribution in [0.1, 0.15) is 36.2 Å². The summed E-state index contributed by atoms with van der Waals surface area (Å²) in [6.45, 7) is 0. The van der Waals surface area contributed by atoms with Crippen LogP contribution in [0.3, 0.4) is 0 Å². The molecule has 24 heavy (non-hydrogen) atoms. The van der Waals surface area contributed by atoms with E-state index in [2.05, 4.69) is 20.6 Å². The van der Waals surface area contributed by atoms with Crippen molar-refractivity contribution >= 4 is 11.6 Å². The molecule has 0 radical (unpaired) electrons. The highest BCUT2D eigenvalue weighted by Crippen LogP contribution is 2.37. The second-order valence-electron chi connectivity index (χ2n) is 5.79. The number of hydrogen-bond acceptors (Lipinski definition) is 5. The number of imidazole rings is 1. The molecule has 0 aliphatic heterocycles. The van der Waals surface area contributed by atoms with Crippen LogP contribution < -0.4 is 11.0 Å². The molecule has 2 atom stereocenters. The molecule has 11 heteroatoms. The Bertz CT molecular complexity index is 827. The van der Waals surface area contributed by atoms with Crippen molar-refractivity contribution in [3.8, 4) is 0 Å². The van der Waals surface area contributed by atoms with Crippen molar-refractivity contribution in [2.75, 3.05) is 0 Å². The quantitative estimate of drug-likeness (QED) is 0.864. The highest BCUT2D eigenvalue weighted by Gasteiger charge is 2.46. The first-order valence-electron chi connectivity index (χ1n) is 7.43. The molecule has 2 unspecified atom stereocenters. The molecule has 0 aromatic carbocycles. The van der Waals surface area contributed by atoms with Gasteiger partial charge < -0.3 is 5.32 Å². The van der Waals surface area contributed by atoms with Gasteiger partial charge in [-0.2, -0.15) is 17.9 Å². The monoisotopic (exact) mass is 344 g/mol. The van der Waals surface area contributed by atoms with E-state index in [0.29, 0.717) is 12.8 Å². The number of fused-ring (bicyclic) bond motifs is 1. The minimum Gasteiger partial charge on any atom is -0.347 e. The maximum Gasteiger partial charge on any atom is 0.393 e. The van der Waals surface area contributed by atoms with Crippen molar-refractivity contribution in [3.05, 3.63) is 22.5 Å². The van der Waals surface area contributed by atoms with E-state index in [1.807, 2.05) is 0 Å². The molecule has 2 aromatic heterocycles. The number of alkyl halides is 3. The van der Waals surface area contributed by atoms with Gasteiger partial charge in [-0.1, -0.05) is 18.1 Å². The van der Waals surface area contributed by atoms with Gasteiger partial charge in [0.25, 0.3) is 5.91 Å². The third-order valence-corrected chi connectivity index (χ3v) is 4.22. The zero-order valence-electron chi connectivity index (χ0n) is 12.7. The number of amides is 1. The van der Waals surface area contributed by atoms with Crippen LogP contribution >= 0.6 is 0 Å². The first-order chi connectivity index (χ1) is 11.3. The van der Waals surface area contributed by atoms with E-state index in [4.69, 9.17) is 0 Å². The Morgan fingerprint density at radius 3 is 2.75 bits per heavy atom. The van der Waals surface area contributed by atoms with Gasteiger partial charge in [0.15, 0.2) is 11.3 Å². The summed E-state index contributed by atoms with van der Waals surface area (Å²) < 4.78 is 41.3. The van der Waals surface area contributed by atoms with Crippen molar-refractivity contribution in [3.63, 3.8) is 0 Å². The Kier molecular flexibility index (Phi) is 4.01. The smallest absolute Gasteiger partial charge is 0.347 e. The SMILES string of the molecule is Cn1nnc2c(C(=O)NC3CCCCC3C(F)(F)F)ncn2c1=O. The molecule has 2 heterocycles. The topological polar surface area (TPSA) is 94.2 Å². The van der Waals surface area contributed by atoms with Crippen molar-refractivity contribution in [1.82, 2.24) is 29.7 Å². The van der Waals surface area contributed by atoms with Crippen LogP contribution in [0, 0.1) is 5.92 Å².